The molecule has 0 saturated carbocycles. The van der Waals surface area contributed by atoms with Crippen LogP contribution < -0.4 is 4.74 Å². The molecule has 0 aliphatic heterocycles. The van der Waals surface area contributed by atoms with Crippen molar-refractivity contribution in [2.24, 2.45) is 7.05 Å². The first-order valence-electron chi connectivity index (χ1n) is 9.78. The van der Waals surface area contributed by atoms with Crippen molar-refractivity contribution in [2.75, 3.05) is 13.7 Å². The number of carbonyl (C=O) groups is 1. The molecular formula is C23H29N3O2. The Morgan fingerprint density at radius 3 is 2.57 bits per heavy atom. The number of aromatic nitrogens is 2. The summed E-state index contributed by atoms with van der Waals surface area (Å²) in [4.78, 5) is 14.7. The molecule has 0 radical (unpaired) electrons. The van der Waals surface area contributed by atoms with E-state index in [9.17, 15) is 4.79 Å². The van der Waals surface area contributed by atoms with Gasteiger partial charge in [-0.3, -0.25) is 9.48 Å². The third kappa shape index (κ3) is 4.03. The van der Waals surface area contributed by atoms with Crippen molar-refractivity contribution in [3.63, 3.8) is 0 Å². The molecule has 5 nitrogen and oxygen atoms in total. The first kappa shape index (κ1) is 19.9. The molecule has 0 spiro atoms. The molecule has 0 saturated heterocycles. The van der Waals surface area contributed by atoms with Crippen LogP contribution in [0.3, 0.4) is 0 Å². The van der Waals surface area contributed by atoms with Crippen LogP contribution in [0.5, 0.6) is 5.75 Å². The van der Waals surface area contributed by atoms with E-state index in [1.165, 1.54) is 0 Å². The highest BCUT2D eigenvalue weighted by atomic mass is 16.5. The summed E-state index contributed by atoms with van der Waals surface area (Å²) in [6.45, 7) is 7.23. The van der Waals surface area contributed by atoms with Gasteiger partial charge in [0.1, 0.15) is 5.75 Å². The lowest BCUT2D eigenvalue weighted by atomic mass is 10.0. The molecule has 0 aliphatic rings. The fourth-order valence-corrected chi connectivity index (χ4v) is 3.51. The quantitative estimate of drug-likeness (QED) is 0.619. The molecule has 2 aromatic carbocycles. The topological polar surface area (TPSA) is 47.4 Å². The highest BCUT2D eigenvalue weighted by Gasteiger charge is 2.19. The number of aryl methyl sites for hydroxylation is 2. The monoisotopic (exact) mass is 379 g/mol. The summed E-state index contributed by atoms with van der Waals surface area (Å²) in [6.07, 6.45) is 1.30. The lowest BCUT2D eigenvalue weighted by Crippen LogP contribution is -2.28. The Kier molecular flexibility index (Phi) is 6.02. The van der Waals surface area contributed by atoms with Crippen LogP contribution in [0.25, 0.3) is 10.8 Å². The number of rotatable bonds is 7. The van der Waals surface area contributed by atoms with Crippen molar-refractivity contribution in [1.29, 1.82) is 0 Å². The summed E-state index contributed by atoms with van der Waals surface area (Å²) >= 11 is 0. The van der Waals surface area contributed by atoms with Gasteiger partial charge in [-0.05, 0) is 37.1 Å². The van der Waals surface area contributed by atoms with Gasteiger partial charge in [-0.25, -0.2) is 0 Å². The van der Waals surface area contributed by atoms with Gasteiger partial charge < -0.3 is 9.64 Å². The zero-order valence-electron chi connectivity index (χ0n) is 17.5. The number of benzene rings is 2. The average Bonchev–Trinajstić information content (AvgIpc) is 2.93. The number of nitrogens with zero attached hydrogens (tertiary/aromatic N) is 3. The fourth-order valence-electron chi connectivity index (χ4n) is 3.51. The van der Waals surface area contributed by atoms with Crippen LogP contribution in [-0.4, -0.2) is 34.2 Å². The molecular weight excluding hydrogens is 350 g/mol. The number of hydrogen-bond donors (Lipinski definition) is 0. The summed E-state index contributed by atoms with van der Waals surface area (Å²) in [6, 6.07) is 12.3. The molecule has 0 N–H and O–H groups in total. The van der Waals surface area contributed by atoms with Gasteiger partial charge in [0, 0.05) is 37.5 Å². The molecule has 0 aliphatic carbocycles. The van der Waals surface area contributed by atoms with Gasteiger partial charge in [-0.1, -0.05) is 37.3 Å². The van der Waals surface area contributed by atoms with Crippen molar-refractivity contribution in [1.82, 2.24) is 14.7 Å². The van der Waals surface area contributed by atoms with Crippen LogP contribution >= 0.6 is 0 Å². The number of ether oxygens (including phenoxy) is 1. The van der Waals surface area contributed by atoms with Crippen LogP contribution in [0.4, 0.5) is 0 Å². The van der Waals surface area contributed by atoms with Crippen molar-refractivity contribution < 1.29 is 9.53 Å². The van der Waals surface area contributed by atoms with E-state index in [0.717, 1.165) is 45.5 Å². The molecule has 0 bridgehead atoms. The van der Waals surface area contributed by atoms with Gasteiger partial charge in [-0.15, -0.1) is 0 Å². The molecule has 148 valence electrons. The lowest BCUT2D eigenvalue weighted by Gasteiger charge is -2.21. The Morgan fingerprint density at radius 1 is 1.14 bits per heavy atom. The Balaban J connectivity index is 1.87. The third-order valence-electron chi connectivity index (χ3n) is 5.27. The molecule has 0 fully saturated rings. The molecule has 1 amide bonds. The Bertz CT molecular complexity index is 991. The summed E-state index contributed by atoms with van der Waals surface area (Å²) in [5.41, 5.74) is 4.03. The van der Waals surface area contributed by atoms with E-state index in [2.05, 4.69) is 30.2 Å². The van der Waals surface area contributed by atoms with Gasteiger partial charge in [0.15, 0.2) is 0 Å². The lowest BCUT2D eigenvalue weighted by molar-refractivity contribution is -0.129. The minimum Gasteiger partial charge on any atom is -0.493 e. The van der Waals surface area contributed by atoms with Crippen molar-refractivity contribution in [3.8, 4) is 5.75 Å². The van der Waals surface area contributed by atoms with Crippen LogP contribution in [0, 0.1) is 13.8 Å². The second kappa shape index (κ2) is 8.46. The number of amides is 1. The van der Waals surface area contributed by atoms with Crippen LogP contribution in [0.2, 0.25) is 0 Å². The molecule has 3 aromatic rings. The van der Waals surface area contributed by atoms with E-state index in [1.807, 2.05) is 50.8 Å². The largest absolute Gasteiger partial charge is 0.493 e. The predicted molar refractivity (Wildman–Crippen MR) is 113 cm³/mol. The summed E-state index contributed by atoms with van der Waals surface area (Å²) in [5, 5.41) is 6.70. The van der Waals surface area contributed by atoms with Gasteiger partial charge in [-0.2, -0.15) is 5.10 Å². The number of carbonyl (C=O) groups excluding carboxylic acids is 1. The maximum absolute atomic E-state index is 12.9. The molecule has 1 aromatic heterocycles. The highest BCUT2D eigenvalue weighted by molar-refractivity contribution is 5.88. The minimum absolute atomic E-state index is 0.0774. The number of fused-ring (bicyclic) bond motifs is 1. The fraction of sp³-hybridized carbons (Fsp3) is 0.391. The van der Waals surface area contributed by atoms with Gasteiger partial charge in [0.2, 0.25) is 5.91 Å². The summed E-state index contributed by atoms with van der Waals surface area (Å²) in [7, 11) is 3.77. The van der Waals surface area contributed by atoms with E-state index in [0.29, 0.717) is 19.6 Å². The number of hydrogen-bond acceptors (Lipinski definition) is 3. The van der Waals surface area contributed by atoms with Crippen molar-refractivity contribution in [2.45, 2.75) is 40.2 Å². The van der Waals surface area contributed by atoms with E-state index in [1.54, 1.807) is 4.90 Å². The molecule has 1 heterocycles. The van der Waals surface area contributed by atoms with Crippen LogP contribution in [-0.2, 0) is 24.8 Å². The minimum atomic E-state index is 0.0774. The standard InChI is InChI=1S/C23H29N3O2/c1-6-13-28-22-12-11-18-9-7-8-10-19(18)21(22)15-25(4)23(27)14-20-16(2)24-26(5)17(20)3/h7-12H,6,13-15H2,1-5H3. The first-order chi connectivity index (χ1) is 13.4. The first-order valence-corrected chi connectivity index (χ1v) is 9.78. The molecule has 0 unspecified atom stereocenters. The third-order valence-corrected chi connectivity index (χ3v) is 5.27. The highest BCUT2D eigenvalue weighted by Crippen LogP contribution is 2.29. The predicted octanol–water partition coefficient (Wildman–Crippen LogP) is 4.18. The van der Waals surface area contributed by atoms with Gasteiger partial charge in [0.25, 0.3) is 0 Å². The summed E-state index contributed by atoms with van der Waals surface area (Å²) < 4.78 is 7.82. The van der Waals surface area contributed by atoms with E-state index >= 15 is 0 Å². The van der Waals surface area contributed by atoms with Gasteiger partial charge >= 0.3 is 0 Å². The van der Waals surface area contributed by atoms with Crippen LogP contribution in [0.15, 0.2) is 36.4 Å². The Labute approximate surface area is 166 Å². The van der Waals surface area contributed by atoms with Crippen LogP contribution in [0.1, 0.15) is 35.9 Å². The normalized spacial score (nSPS) is 11.0. The SMILES string of the molecule is CCCOc1ccc2ccccc2c1CN(C)C(=O)Cc1c(C)nn(C)c1C. The molecule has 0 atom stereocenters. The van der Waals surface area contributed by atoms with Gasteiger partial charge in [0.05, 0.1) is 18.7 Å². The van der Waals surface area contributed by atoms with E-state index in [-0.39, 0.29) is 5.91 Å². The smallest absolute Gasteiger partial charge is 0.227 e. The average molecular weight is 380 g/mol. The maximum Gasteiger partial charge on any atom is 0.227 e. The zero-order valence-corrected chi connectivity index (χ0v) is 17.5. The van der Waals surface area contributed by atoms with E-state index in [4.69, 9.17) is 4.74 Å². The zero-order chi connectivity index (χ0) is 20.3. The molecule has 3 rings (SSSR count). The number of likely N-dealkylation sites (N-methyl/N-ethyl adjacent to an activating group) is 1. The van der Waals surface area contributed by atoms with E-state index < -0.39 is 0 Å². The second-order valence-electron chi connectivity index (χ2n) is 7.31. The molecule has 28 heavy (non-hydrogen) atoms. The molecule has 5 heteroatoms. The Hall–Kier alpha value is -2.82. The Morgan fingerprint density at radius 2 is 1.89 bits per heavy atom. The second-order valence-corrected chi connectivity index (χ2v) is 7.31. The maximum atomic E-state index is 12.9. The van der Waals surface area contributed by atoms with Crippen molar-refractivity contribution >= 4 is 16.7 Å². The van der Waals surface area contributed by atoms with Crippen molar-refractivity contribution in [3.05, 3.63) is 58.9 Å². The summed E-state index contributed by atoms with van der Waals surface area (Å²) in [5.74, 6) is 0.933.